The van der Waals surface area contributed by atoms with Crippen molar-refractivity contribution in [1.29, 1.82) is 0 Å². The molecule has 0 aliphatic heterocycles. The third-order valence-electron chi connectivity index (χ3n) is 2.39. The summed E-state index contributed by atoms with van der Waals surface area (Å²) in [5.41, 5.74) is 1.21. The van der Waals surface area contributed by atoms with Crippen LogP contribution < -0.4 is 10.1 Å². The molecule has 0 aliphatic carbocycles. The Morgan fingerprint density at radius 1 is 1.24 bits per heavy atom. The maximum absolute atomic E-state index is 5.87. The second-order valence-corrected chi connectivity index (χ2v) is 5.46. The molecule has 1 N–H and O–H groups in total. The summed E-state index contributed by atoms with van der Waals surface area (Å²) in [5.74, 6) is 0.892. The highest BCUT2D eigenvalue weighted by molar-refractivity contribution is 7.16. The van der Waals surface area contributed by atoms with Crippen molar-refractivity contribution in [3.05, 3.63) is 51.2 Å². The summed E-state index contributed by atoms with van der Waals surface area (Å²) in [6.45, 7) is 1.67. The average Bonchev–Trinajstić information content (AvgIpc) is 2.75. The minimum Gasteiger partial charge on any atom is -0.497 e. The lowest BCUT2D eigenvalue weighted by Crippen LogP contribution is -2.11. The van der Waals surface area contributed by atoms with Crippen LogP contribution in [0, 0.1) is 0 Å². The molecule has 0 bridgehead atoms. The van der Waals surface area contributed by atoms with Crippen molar-refractivity contribution in [2.45, 2.75) is 13.1 Å². The van der Waals surface area contributed by atoms with Gasteiger partial charge in [0.05, 0.1) is 11.4 Å². The van der Waals surface area contributed by atoms with Gasteiger partial charge in [-0.05, 0) is 29.8 Å². The average molecular weight is 268 g/mol. The van der Waals surface area contributed by atoms with Gasteiger partial charge in [-0.25, -0.2) is 0 Å². The summed E-state index contributed by atoms with van der Waals surface area (Å²) >= 11 is 7.48. The lowest BCUT2D eigenvalue weighted by atomic mass is 10.2. The molecule has 0 radical (unpaired) electrons. The first kappa shape index (κ1) is 12.4. The molecule has 1 heterocycles. The molecule has 2 nitrogen and oxygen atoms in total. The molecule has 0 fully saturated rings. The van der Waals surface area contributed by atoms with Crippen LogP contribution in [0.2, 0.25) is 4.34 Å². The molecular weight excluding hydrogens is 254 g/mol. The van der Waals surface area contributed by atoms with Gasteiger partial charge in [0, 0.05) is 18.0 Å². The van der Waals surface area contributed by atoms with E-state index in [1.807, 2.05) is 30.3 Å². The largest absolute Gasteiger partial charge is 0.497 e. The SMILES string of the molecule is COc1cccc(CNCc2ccc(Cl)s2)c1. The van der Waals surface area contributed by atoms with E-state index in [0.717, 1.165) is 23.2 Å². The molecule has 4 heteroatoms. The summed E-state index contributed by atoms with van der Waals surface area (Å²) in [5, 5.41) is 3.38. The number of hydrogen-bond acceptors (Lipinski definition) is 3. The normalized spacial score (nSPS) is 10.5. The van der Waals surface area contributed by atoms with E-state index >= 15 is 0 Å². The van der Waals surface area contributed by atoms with Crippen molar-refractivity contribution in [3.8, 4) is 5.75 Å². The van der Waals surface area contributed by atoms with Crippen LogP contribution in [0.4, 0.5) is 0 Å². The highest BCUT2D eigenvalue weighted by Crippen LogP contribution is 2.21. The first-order valence-corrected chi connectivity index (χ1v) is 6.55. The van der Waals surface area contributed by atoms with Crippen LogP contribution in [0.3, 0.4) is 0 Å². The molecule has 90 valence electrons. The predicted octanol–water partition coefficient (Wildman–Crippen LogP) is 3.70. The van der Waals surface area contributed by atoms with E-state index in [1.54, 1.807) is 18.4 Å². The number of nitrogens with one attached hydrogen (secondary N) is 1. The molecule has 0 aliphatic rings. The molecule has 0 saturated carbocycles. The molecule has 0 amide bonds. The van der Waals surface area contributed by atoms with Gasteiger partial charge in [-0.1, -0.05) is 23.7 Å². The zero-order chi connectivity index (χ0) is 12.1. The topological polar surface area (TPSA) is 21.3 Å². The van der Waals surface area contributed by atoms with Crippen molar-refractivity contribution in [2.24, 2.45) is 0 Å². The quantitative estimate of drug-likeness (QED) is 0.892. The third-order valence-corrected chi connectivity index (χ3v) is 3.62. The van der Waals surface area contributed by atoms with Crippen LogP contribution >= 0.6 is 22.9 Å². The minimum atomic E-state index is 0.826. The van der Waals surface area contributed by atoms with Gasteiger partial charge in [-0.3, -0.25) is 0 Å². The van der Waals surface area contributed by atoms with E-state index in [-0.39, 0.29) is 0 Å². The summed E-state index contributed by atoms with van der Waals surface area (Å²) in [6, 6.07) is 12.0. The van der Waals surface area contributed by atoms with Gasteiger partial charge in [0.15, 0.2) is 0 Å². The Morgan fingerprint density at radius 3 is 2.82 bits per heavy atom. The van der Waals surface area contributed by atoms with Crippen molar-refractivity contribution >= 4 is 22.9 Å². The summed E-state index contributed by atoms with van der Waals surface area (Å²) in [6.07, 6.45) is 0. The standard InChI is InChI=1S/C13H14ClNOS/c1-16-11-4-2-3-10(7-11)8-15-9-12-5-6-13(14)17-12/h2-7,15H,8-9H2,1H3. The minimum absolute atomic E-state index is 0.826. The highest BCUT2D eigenvalue weighted by Gasteiger charge is 1.99. The van der Waals surface area contributed by atoms with Gasteiger partial charge in [0.25, 0.3) is 0 Å². The second-order valence-electron chi connectivity index (χ2n) is 3.66. The molecule has 0 unspecified atom stereocenters. The van der Waals surface area contributed by atoms with Crippen molar-refractivity contribution in [3.63, 3.8) is 0 Å². The number of hydrogen-bond donors (Lipinski definition) is 1. The summed E-state index contributed by atoms with van der Waals surface area (Å²) in [4.78, 5) is 1.25. The van der Waals surface area contributed by atoms with E-state index in [2.05, 4.69) is 11.4 Å². The molecule has 1 aromatic carbocycles. The van der Waals surface area contributed by atoms with E-state index in [9.17, 15) is 0 Å². The van der Waals surface area contributed by atoms with Crippen LogP contribution in [0.1, 0.15) is 10.4 Å². The highest BCUT2D eigenvalue weighted by atomic mass is 35.5. The number of rotatable bonds is 5. The molecule has 0 atom stereocenters. The fraction of sp³-hybridized carbons (Fsp3) is 0.231. The van der Waals surface area contributed by atoms with E-state index in [0.29, 0.717) is 0 Å². The fourth-order valence-corrected chi connectivity index (χ4v) is 2.62. The maximum atomic E-state index is 5.87. The lowest BCUT2D eigenvalue weighted by Gasteiger charge is -2.05. The monoisotopic (exact) mass is 267 g/mol. The van der Waals surface area contributed by atoms with Crippen LogP contribution in [0.25, 0.3) is 0 Å². The molecule has 17 heavy (non-hydrogen) atoms. The summed E-state index contributed by atoms with van der Waals surface area (Å²) < 4.78 is 6.02. The van der Waals surface area contributed by atoms with Gasteiger partial charge in [-0.15, -0.1) is 11.3 Å². The third kappa shape index (κ3) is 3.73. The maximum Gasteiger partial charge on any atom is 0.119 e. The number of halogens is 1. The zero-order valence-corrected chi connectivity index (χ0v) is 11.1. The van der Waals surface area contributed by atoms with Gasteiger partial charge in [0.2, 0.25) is 0 Å². The van der Waals surface area contributed by atoms with Gasteiger partial charge < -0.3 is 10.1 Å². The Morgan fingerprint density at radius 2 is 2.12 bits per heavy atom. The predicted molar refractivity (Wildman–Crippen MR) is 72.9 cm³/mol. The van der Waals surface area contributed by atoms with Gasteiger partial charge >= 0.3 is 0 Å². The van der Waals surface area contributed by atoms with Crippen molar-refractivity contribution in [2.75, 3.05) is 7.11 Å². The first-order valence-electron chi connectivity index (χ1n) is 5.36. The first-order chi connectivity index (χ1) is 8.28. The Bertz CT molecular complexity index is 484. The Labute approximate surface area is 110 Å². The van der Waals surface area contributed by atoms with E-state index in [1.165, 1.54) is 10.4 Å². The van der Waals surface area contributed by atoms with Crippen molar-refractivity contribution in [1.82, 2.24) is 5.32 Å². The number of ether oxygens (including phenoxy) is 1. The fourth-order valence-electron chi connectivity index (χ4n) is 1.56. The molecule has 1 aromatic heterocycles. The van der Waals surface area contributed by atoms with Crippen LogP contribution in [-0.4, -0.2) is 7.11 Å². The second kappa shape index (κ2) is 6.05. The Balaban J connectivity index is 1.85. The molecule has 0 saturated heterocycles. The zero-order valence-electron chi connectivity index (χ0n) is 9.57. The molecule has 2 rings (SSSR count). The van der Waals surface area contributed by atoms with Crippen LogP contribution in [0.5, 0.6) is 5.75 Å². The number of benzene rings is 1. The molecule has 0 spiro atoms. The lowest BCUT2D eigenvalue weighted by molar-refractivity contribution is 0.414. The summed E-state index contributed by atoms with van der Waals surface area (Å²) in [7, 11) is 1.68. The van der Waals surface area contributed by atoms with E-state index in [4.69, 9.17) is 16.3 Å². The molecule has 2 aromatic rings. The van der Waals surface area contributed by atoms with Crippen LogP contribution in [-0.2, 0) is 13.1 Å². The number of thiophene rings is 1. The smallest absolute Gasteiger partial charge is 0.119 e. The number of methoxy groups -OCH3 is 1. The van der Waals surface area contributed by atoms with Gasteiger partial charge in [0.1, 0.15) is 5.75 Å². The van der Waals surface area contributed by atoms with Gasteiger partial charge in [-0.2, -0.15) is 0 Å². The Kier molecular flexibility index (Phi) is 4.42. The van der Waals surface area contributed by atoms with Crippen molar-refractivity contribution < 1.29 is 4.74 Å². The van der Waals surface area contributed by atoms with Crippen LogP contribution in [0.15, 0.2) is 36.4 Å². The Hall–Kier alpha value is -1.03. The molecular formula is C13H14ClNOS. The van der Waals surface area contributed by atoms with E-state index < -0.39 is 0 Å².